The Hall–Kier alpha value is -1.45. The maximum atomic E-state index is 5.87. The van der Waals surface area contributed by atoms with Crippen LogP contribution >= 0.6 is 23.4 Å². The van der Waals surface area contributed by atoms with Gasteiger partial charge in [-0.1, -0.05) is 53.7 Å². The molecular formula is C14H13ClN2S. The van der Waals surface area contributed by atoms with Crippen LogP contribution in [0.25, 0.3) is 0 Å². The molecule has 0 saturated carbocycles. The van der Waals surface area contributed by atoms with E-state index in [-0.39, 0.29) is 0 Å². The van der Waals surface area contributed by atoms with Crippen molar-refractivity contribution in [2.24, 2.45) is 10.7 Å². The van der Waals surface area contributed by atoms with Gasteiger partial charge < -0.3 is 5.73 Å². The summed E-state index contributed by atoms with van der Waals surface area (Å²) in [7, 11) is 0. The van der Waals surface area contributed by atoms with Crippen LogP contribution in [0.3, 0.4) is 0 Å². The first kappa shape index (κ1) is 13.0. The predicted molar refractivity (Wildman–Crippen MR) is 80.5 cm³/mol. The van der Waals surface area contributed by atoms with E-state index in [1.807, 2.05) is 54.6 Å². The van der Waals surface area contributed by atoms with Crippen molar-refractivity contribution in [2.45, 2.75) is 5.75 Å². The summed E-state index contributed by atoms with van der Waals surface area (Å²) in [4.78, 5) is 4.32. The summed E-state index contributed by atoms with van der Waals surface area (Å²) in [5.74, 6) is 0.791. The van der Waals surface area contributed by atoms with E-state index in [9.17, 15) is 0 Å². The lowest BCUT2D eigenvalue weighted by Gasteiger charge is -2.02. The molecule has 2 aromatic rings. The van der Waals surface area contributed by atoms with Crippen LogP contribution in [0.15, 0.2) is 59.6 Å². The molecule has 0 heterocycles. The van der Waals surface area contributed by atoms with Crippen molar-refractivity contribution in [3.63, 3.8) is 0 Å². The van der Waals surface area contributed by atoms with Gasteiger partial charge in [-0.15, -0.1) is 0 Å². The maximum absolute atomic E-state index is 5.87. The normalized spacial score (nSPS) is 11.5. The first-order chi connectivity index (χ1) is 8.74. The number of nitrogens with two attached hydrogens (primary N) is 1. The molecule has 0 spiro atoms. The van der Waals surface area contributed by atoms with Gasteiger partial charge in [0, 0.05) is 10.8 Å². The molecule has 92 valence electrons. The lowest BCUT2D eigenvalue weighted by Crippen LogP contribution is -2.06. The highest BCUT2D eigenvalue weighted by atomic mass is 35.5. The minimum absolute atomic E-state index is 0.566. The number of halogens is 1. The van der Waals surface area contributed by atoms with E-state index in [4.69, 9.17) is 17.3 Å². The van der Waals surface area contributed by atoms with Crippen LogP contribution in [0.2, 0.25) is 5.02 Å². The highest BCUT2D eigenvalue weighted by molar-refractivity contribution is 8.13. The summed E-state index contributed by atoms with van der Waals surface area (Å²) in [6.07, 6.45) is 0. The molecule has 0 unspecified atom stereocenters. The number of benzene rings is 2. The Bertz CT molecular complexity index is 523. The third-order valence-electron chi connectivity index (χ3n) is 2.30. The van der Waals surface area contributed by atoms with Crippen LogP contribution in [-0.4, -0.2) is 5.17 Å². The van der Waals surface area contributed by atoms with Crippen molar-refractivity contribution in [1.29, 1.82) is 0 Å². The van der Waals surface area contributed by atoms with E-state index in [0.29, 0.717) is 5.17 Å². The predicted octanol–water partition coefficient (Wildman–Crippen LogP) is 4.22. The van der Waals surface area contributed by atoms with Crippen molar-refractivity contribution in [3.05, 3.63) is 65.2 Å². The van der Waals surface area contributed by atoms with Crippen LogP contribution in [0, 0.1) is 0 Å². The summed E-state index contributed by atoms with van der Waals surface area (Å²) in [5, 5.41) is 1.31. The molecule has 0 amide bonds. The quantitative estimate of drug-likeness (QED) is 0.673. The van der Waals surface area contributed by atoms with E-state index in [0.717, 1.165) is 16.5 Å². The van der Waals surface area contributed by atoms with Crippen LogP contribution in [0.5, 0.6) is 0 Å². The number of rotatable bonds is 3. The molecule has 0 aliphatic heterocycles. The van der Waals surface area contributed by atoms with Crippen molar-refractivity contribution in [2.75, 3.05) is 0 Å². The second-order valence-corrected chi connectivity index (χ2v) is 5.13. The van der Waals surface area contributed by atoms with E-state index in [1.165, 1.54) is 17.3 Å². The molecule has 0 fully saturated rings. The van der Waals surface area contributed by atoms with Crippen LogP contribution in [-0.2, 0) is 5.75 Å². The average molecular weight is 277 g/mol. The summed E-state index contributed by atoms with van der Waals surface area (Å²) in [5.41, 5.74) is 7.92. The molecular weight excluding hydrogens is 264 g/mol. The van der Waals surface area contributed by atoms with Gasteiger partial charge in [-0.05, 0) is 29.8 Å². The van der Waals surface area contributed by atoms with Gasteiger partial charge in [-0.2, -0.15) is 0 Å². The largest absolute Gasteiger partial charge is 0.378 e. The van der Waals surface area contributed by atoms with Gasteiger partial charge in [-0.3, -0.25) is 0 Å². The van der Waals surface area contributed by atoms with Gasteiger partial charge >= 0.3 is 0 Å². The number of amidine groups is 1. The SMILES string of the molecule is NC(=Nc1ccccc1)SCc1ccc(Cl)cc1. The zero-order valence-electron chi connectivity index (χ0n) is 9.71. The number of aliphatic imine (C=N–C) groups is 1. The van der Waals surface area contributed by atoms with E-state index in [2.05, 4.69) is 4.99 Å². The lowest BCUT2D eigenvalue weighted by atomic mass is 10.2. The molecule has 2 aromatic carbocycles. The van der Waals surface area contributed by atoms with Gasteiger partial charge in [0.25, 0.3) is 0 Å². The van der Waals surface area contributed by atoms with Crippen molar-refractivity contribution >= 4 is 34.2 Å². The highest BCUT2D eigenvalue weighted by Crippen LogP contribution is 2.17. The number of para-hydroxylation sites is 1. The molecule has 0 aliphatic rings. The monoisotopic (exact) mass is 276 g/mol. The smallest absolute Gasteiger partial charge is 0.159 e. The fourth-order valence-electron chi connectivity index (χ4n) is 1.40. The summed E-state index contributed by atoms with van der Waals surface area (Å²) < 4.78 is 0. The first-order valence-corrected chi connectivity index (χ1v) is 6.87. The maximum Gasteiger partial charge on any atom is 0.159 e. The highest BCUT2D eigenvalue weighted by Gasteiger charge is 1.98. The number of thioether (sulfide) groups is 1. The molecule has 2 nitrogen and oxygen atoms in total. The molecule has 0 bridgehead atoms. The second kappa shape index (κ2) is 6.47. The Balaban J connectivity index is 1.94. The fourth-order valence-corrected chi connectivity index (χ4v) is 2.20. The standard InChI is InChI=1S/C14H13ClN2S/c15-12-8-6-11(7-9-12)10-18-14(16)17-13-4-2-1-3-5-13/h1-9H,10H2,(H2,16,17). The van der Waals surface area contributed by atoms with E-state index in [1.54, 1.807) is 0 Å². The molecule has 2 N–H and O–H groups in total. The number of hydrogen-bond donors (Lipinski definition) is 1. The van der Waals surface area contributed by atoms with Crippen LogP contribution in [0.1, 0.15) is 5.56 Å². The second-order valence-electron chi connectivity index (χ2n) is 3.70. The fraction of sp³-hybridized carbons (Fsp3) is 0.0714. The van der Waals surface area contributed by atoms with Gasteiger partial charge in [0.05, 0.1) is 5.69 Å². The molecule has 0 radical (unpaired) electrons. The Morgan fingerprint density at radius 2 is 1.72 bits per heavy atom. The van der Waals surface area contributed by atoms with Gasteiger partial charge in [0.15, 0.2) is 5.17 Å². The lowest BCUT2D eigenvalue weighted by molar-refractivity contribution is 1.42. The van der Waals surface area contributed by atoms with Crippen LogP contribution < -0.4 is 5.73 Å². The Morgan fingerprint density at radius 3 is 2.39 bits per heavy atom. The summed E-state index contributed by atoms with van der Waals surface area (Å²) >= 11 is 7.34. The molecule has 2 rings (SSSR count). The Kier molecular flexibility index (Phi) is 4.67. The van der Waals surface area contributed by atoms with E-state index >= 15 is 0 Å². The van der Waals surface area contributed by atoms with Gasteiger partial charge in [0.2, 0.25) is 0 Å². The third kappa shape index (κ3) is 4.09. The zero-order chi connectivity index (χ0) is 12.8. The van der Waals surface area contributed by atoms with Crippen molar-refractivity contribution < 1.29 is 0 Å². The summed E-state index contributed by atoms with van der Waals surface area (Å²) in [6, 6.07) is 17.4. The topological polar surface area (TPSA) is 38.4 Å². The number of hydrogen-bond acceptors (Lipinski definition) is 2. The summed E-state index contributed by atoms with van der Waals surface area (Å²) in [6.45, 7) is 0. The Labute approximate surface area is 116 Å². The third-order valence-corrected chi connectivity index (χ3v) is 3.41. The minimum Gasteiger partial charge on any atom is -0.378 e. The van der Waals surface area contributed by atoms with Crippen molar-refractivity contribution in [1.82, 2.24) is 0 Å². The number of nitrogens with zero attached hydrogens (tertiary/aromatic N) is 1. The zero-order valence-corrected chi connectivity index (χ0v) is 11.3. The minimum atomic E-state index is 0.566. The van der Waals surface area contributed by atoms with Gasteiger partial charge in [-0.25, -0.2) is 4.99 Å². The molecule has 0 atom stereocenters. The molecule has 4 heteroatoms. The van der Waals surface area contributed by atoms with Gasteiger partial charge in [0.1, 0.15) is 0 Å². The molecule has 18 heavy (non-hydrogen) atoms. The average Bonchev–Trinajstić information content (AvgIpc) is 2.39. The first-order valence-electron chi connectivity index (χ1n) is 5.50. The Morgan fingerprint density at radius 1 is 1.06 bits per heavy atom. The van der Waals surface area contributed by atoms with E-state index < -0.39 is 0 Å². The van der Waals surface area contributed by atoms with Crippen LogP contribution in [0.4, 0.5) is 5.69 Å². The molecule has 0 aromatic heterocycles. The molecule has 0 saturated heterocycles. The molecule has 0 aliphatic carbocycles. The van der Waals surface area contributed by atoms with Crippen molar-refractivity contribution in [3.8, 4) is 0 Å².